The van der Waals surface area contributed by atoms with E-state index in [9.17, 15) is 14.4 Å². The molecular formula is C10H17NO5. The fourth-order valence-corrected chi connectivity index (χ4v) is 1.11. The number of ketones is 1. The van der Waals surface area contributed by atoms with Crippen LogP contribution < -0.4 is 5.32 Å². The number of hydrogen-bond donors (Lipinski definition) is 2. The molecule has 0 rings (SSSR count). The van der Waals surface area contributed by atoms with Gasteiger partial charge < -0.3 is 15.2 Å². The number of carbonyl (C=O) groups is 3. The molecule has 2 N–H and O–H groups in total. The zero-order valence-corrected chi connectivity index (χ0v) is 9.49. The van der Waals surface area contributed by atoms with Crippen LogP contribution in [0.2, 0.25) is 0 Å². The highest BCUT2D eigenvalue weighted by Gasteiger charge is 2.21. The zero-order chi connectivity index (χ0) is 12.6. The van der Waals surface area contributed by atoms with Crippen LogP contribution in [0, 0.1) is 0 Å². The summed E-state index contributed by atoms with van der Waals surface area (Å²) in [5.41, 5.74) is 0. The maximum Gasteiger partial charge on any atom is 0.328 e. The summed E-state index contributed by atoms with van der Waals surface area (Å²) in [5, 5.41) is 10.8. The third-order valence-electron chi connectivity index (χ3n) is 2.07. The lowest BCUT2D eigenvalue weighted by Gasteiger charge is -2.15. The van der Waals surface area contributed by atoms with E-state index in [-0.39, 0.29) is 18.6 Å². The van der Waals surface area contributed by atoms with E-state index in [0.29, 0.717) is 6.42 Å². The molecule has 6 nitrogen and oxygen atoms in total. The van der Waals surface area contributed by atoms with E-state index in [1.54, 1.807) is 6.92 Å². The molecule has 16 heavy (non-hydrogen) atoms. The molecule has 1 atom stereocenters. The summed E-state index contributed by atoms with van der Waals surface area (Å²) in [6.45, 7) is 1.02. The predicted octanol–water partition coefficient (Wildman–Crippen LogP) is -0.604. The van der Waals surface area contributed by atoms with Gasteiger partial charge in [0, 0.05) is 12.8 Å². The minimum atomic E-state index is -0.875. The number of rotatable bonds is 7. The number of esters is 1. The Hall–Kier alpha value is -1.43. The van der Waals surface area contributed by atoms with Crippen LogP contribution in [0.4, 0.5) is 0 Å². The van der Waals surface area contributed by atoms with Gasteiger partial charge >= 0.3 is 5.97 Å². The second kappa shape index (κ2) is 7.81. The molecule has 0 aliphatic carbocycles. The Balaban J connectivity index is 4.26. The monoisotopic (exact) mass is 231 g/mol. The largest absolute Gasteiger partial charge is 0.467 e. The van der Waals surface area contributed by atoms with Crippen molar-refractivity contribution in [1.29, 1.82) is 0 Å². The van der Waals surface area contributed by atoms with Crippen LogP contribution >= 0.6 is 0 Å². The highest BCUT2D eigenvalue weighted by molar-refractivity contribution is 5.85. The molecule has 0 aliphatic rings. The quantitative estimate of drug-likeness (QED) is 0.570. The summed E-state index contributed by atoms with van der Waals surface area (Å²) in [6.07, 6.45) is 0.773. The van der Waals surface area contributed by atoms with E-state index < -0.39 is 24.5 Å². The number of aliphatic hydroxyl groups is 1. The van der Waals surface area contributed by atoms with Crippen LogP contribution in [0.1, 0.15) is 26.2 Å². The molecule has 0 bridgehead atoms. The molecule has 0 aliphatic heterocycles. The zero-order valence-electron chi connectivity index (χ0n) is 9.49. The number of nitrogens with one attached hydrogen (secondary N) is 1. The van der Waals surface area contributed by atoms with Gasteiger partial charge in [0.2, 0.25) is 5.91 Å². The normalized spacial score (nSPS) is 11.7. The van der Waals surface area contributed by atoms with E-state index in [0.717, 1.165) is 0 Å². The molecule has 6 heteroatoms. The Bertz CT molecular complexity index is 264. The SMILES string of the molecule is CCC(=O)CC[C@H](NC(=O)CO)C(=O)OC. The molecule has 0 spiro atoms. The number of methoxy groups -OCH3 is 1. The van der Waals surface area contributed by atoms with Crippen molar-refractivity contribution in [2.24, 2.45) is 0 Å². The van der Waals surface area contributed by atoms with Gasteiger partial charge in [-0.3, -0.25) is 9.59 Å². The summed E-state index contributed by atoms with van der Waals surface area (Å²) in [5.74, 6) is -1.28. The lowest BCUT2D eigenvalue weighted by Crippen LogP contribution is -2.43. The lowest BCUT2D eigenvalue weighted by atomic mass is 10.1. The second-order valence-corrected chi connectivity index (χ2v) is 3.23. The molecule has 0 saturated carbocycles. The minimum absolute atomic E-state index is 0.00662. The number of amides is 1. The van der Waals surface area contributed by atoms with E-state index in [1.807, 2.05) is 0 Å². The molecule has 0 unspecified atom stereocenters. The average Bonchev–Trinajstić information content (AvgIpc) is 2.32. The fraction of sp³-hybridized carbons (Fsp3) is 0.700. The Labute approximate surface area is 94.0 Å². The van der Waals surface area contributed by atoms with Crippen LogP contribution in [-0.4, -0.2) is 42.5 Å². The van der Waals surface area contributed by atoms with Gasteiger partial charge in [-0.2, -0.15) is 0 Å². The Morgan fingerprint density at radius 2 is 2.00 bits per heavy atom. The van der Waals surface area contributed by atoms with Crippen LogP contribution in [-0.2, 0) is 19.1 Å². The van der Waals surface area contributed by atoms with Crippen molar-refractivity contribution >= 4 is 17.7 Å². The van der Waals surface area contributed by atoms with E-state index in [2.05, 4.69) is 10.1 Å². The molecule has 0 radical (unpaired) electrons. The van der Waals surface area contributed by atoms with Gasteiger partial charge in [0.25, 0.3) is 0 Å². The number of ether oxygens (including phenoxy) is 1. The molecule has 0 aromatic rings. The third kappa shape index (κ3) is 5.45. The molecule has 0 heterocycles. The summed E-state index contributed by atoms with van der Waals surface area (Å²) in [7, 11) is 1.20. The van der Waals surface area contributed by atoms with Crippen molar-refractivity contribution in [2.75, 3.05) is 13.7 Å². The summed E-state index contributed by atoms with van der Waals surface area (Å²) in [6, 6.07) is -0.875. The van der Waals surface area contributed by atoms with Gasteiger partial charge in [-0.1, -0.05) is 6.92 Å². The first kappa shape index (κ1) is 14.6. The van der Waals surface area contributed by atoms with Gasteiger partial charge in [0.15, 0.2) is 0 Å². The third-order valence-corrected chi connectivity index (χ3v) is 2.07. The number of Topliss-reactive ketones (excluding diaryl/α,β-unsaturated/α-hetero) is 1. The Kier molecular flexibility index (Phi) is 7.11. The first-order valence-corrected chi connectivity index (χ1v) is 5.04. The van der Waals surface area contributed by atoms with Crippen LogP contribution in [0.15, 0.2) is 0 Å². The topological polar surface area (TPSA) is 92.7 Å². The Morgan fingerprint density at radius 1 is 1.38 bits per heavy atom. The Morgan fingerprint density at radius 3 is 2.44 bits per heavy atom. The molecule has 1 amide bonds. The van der Waals surface area contributed by atoms with Gasteiger partial charge in [-0.15, -0.1) is 0 Å². The first-order chi connectivity index (χ1) is 7.54. The van der Waals surface area contributed by atoms with Gasteiger partial charge in [-0.05, 0) is 6.42 Å². The first-order valence-electron chi connectivity index (χ1n) is 5.04. The van der Waals surface area contributed by atoms with E-state index >= 15 is 0 Å². The van der Waals surface area contributed by atoms with Crippen molar-refractivity contribution < 1.29 is 24.2 Å². The van der Waals surface area contributed by atoms with Crippen molar-refractivity contribution in [2.45, 2.75) is 32.2 Å². The molecule has 0 aromatic carbocycles. The molecule has 0 fully saturated rings. The van der Waals surface area contributed by atoms with Gasteiger partial charge in [0.05, 0.1) is 7.11 Å². The summed E-state index contributed by atoms with van der Waals surface area (Å²) >= 11 is 0. The van der Waals surface area contributed by atoms with Crippen LogP contribution in [0.3, 0.4) is 0 Å². The molecular weight excluding hydrogens is 214 g/mol. The van der Waals surface area contributed by atoms with Crippen molar-refractivity contribution in [3.8, 4) is 0 Å². The number of hydrogen-bond acceptors (Lipinski definition) is 5. The predicted molar refractivity (Wildman–Crippen MR) is 55.6 cm³/mol. The number of carbonyl (C=O) groups excluding carboxylic acids is 3. The van der Waals surface area contributed by atoms with Crippen molar-refractivity contribution in [3.05, 3.63) is 0 Å². The van der Waals surface area contributed by atoms with E-state index in [1.165, 1.54) is 7.11 Å². The summed E-state index contributed by atoms with van der Waals surface area (Å²) in [4.78, 5) is 33.2. The average molecular weight is 231 g/mol. The highest BCUT2D eigenvalue weighted by atomic mass is 16.5. The minimum Gasteiger partial charge on any atom is -0.467 e. The molecule has 0 saturated heterocycles. The van der Waals surface area contributed by atoms with E-state index in [4.69, 9.17) is 5.11 Å². The maximum atomic E-state index is 11.2. The standard InChI is InChI=1S/C10H17NO5/c1-3-7(13)4-5-8(10(15)16-2)11-9(14)6-12/h8,12H,3-6H2,1-2H3,(H,11,14)/t8-/m0/s1. The fourth-order valence-electron chi connectivity index (χ4n) is 1.11. The van der Waals surface area contributed by atoms with Gasteiger partial charge in [-0.25, -0.2) is 4.79 Å². The molecule has 92 valence electrons. The highest BCUT2D eigenvalue weighted by Crippen LogP contribution is 2.02. The van der Waals surface area contributed by atoms with Crippen molar-refractivity contribution in [1.82, 2.24) is 5.32 Å². The smallest absolute Gasteiger partial charge is 0.328 e. The van der Waals surface area contributed by atoms with Crippen LogP contribution in [0.5, 0.6) is 0 Å². The maximum absolute atomic E-state index is 11.2. The van der Waals surface area contributed by atoms with Crippen LogP contribution in [0.25, 0.3) is 0 Å². The van der Waals surface area contributed by atoms with Crippen molar-refractivity contribution in [3.63, 3.8) is 0 Å². The number of aliphatic hydroxyl groups excluding tert-OH is 1. The molecule has 0 aromatic heterocycles. The summed E-state index contributed by atoms with van der Waals surface area (Å²) < 4.78 is 4.48. The lowest BCUT2D eigenvalue weighted by molar-refractivity contribution is -0.145. The second-order valence-electron chi connectivity index (χ2n) is 3.23. The van der Waals surface area contributed by atoms with Gasteiger partial charge in [0.1, 0.15) is 18.4 Å².